The lowest BCUT2D eigenvalue weighted by Gasteiger charge is -2.26. The first-order valence-corrected chi connectivity index (χ1v) is 8.20. The minimum atomic E-state index is -0.580. The Balaban J connectivity index is 1.98. The number of fused-ring (bicyclic) bond motifs is 1. The van der Waals surface area contributed by atoms with E-state index in [2.05, 4.69) is 5.32 Å². The predicted octanol–water partition coefficient (Wildman–Crippen LogP) is 5.30. The van der Waals surface area contributed by atoms with Crippen LogP contribution in [0.15, 0.2) is 42.5 Å². The number of ether oxygens (including phenoxy) is 1. The molecule has 0 aliphatic carbocycles. The smallest absolute Gasteiger partial charge is 0.135 e. The molecule has 0 spiro atoms. The summed E-state index contributed by atoms with van der Waals surface area (Å²) in [6, 6.07) is 11.6. The van der Waals surface area contributed by atoms with Crippen LogP contribution in [-0.2, 0) is 12.1 Å². The fourth-order valence-electron chi connectivity index (χ4n) is 3.06. The van der Waals surface area contributed by atoms with E-state index in [9.17, 15) is 8.78 Å². The molecule has 0 radical (unpaired) electrons. The summed E-state index contributed by atoms with van der Waals surface area (Å²) in [6.07, 6.45) is 0. The van der Waals surface area contributed by atoms with Gasteiger partial charge in [-0.1, -0.05) is 0 Å². The summed E-state index contributed by atoms with van der Waals surface area (Å²) in [5.74, 6) is -0.419. The molecule has 3 rings (SSSR count). The molecule has 0 saturated carbocycles. The van der Waals surface area contributed by atoms with Gasteiger partial charge < -0.3 is 14.6 Å². The lowest BCUT2D eigenvalue weighted by molar-refractivity contribution is 0.280. The molecular formula is C20H22F2N2O. The van der Waals surface area contributed by atoms with Crippen LogP contribution < -0.4 is 10.1 Å². The second kappa shape index (κ2) is 6.39. The van der Waals surface area contributed by atoms with E-state index in [-0.39, 0.29) is 12.1 Å². The first-order valence-electron chi connectivity index (χ1n) is 8.20. The Kier molecular flexibility index (Phi) is 4.41. The fourth-order valence-corrected chi connectivity index (χ4v) is 3.06. The van der Waals surface area contributed by atoms with Crippen LogP contribution in [0.5, 0.6) is 5.75 Å². The van der Waals surface area contributed by atoms with Crippen molar-refractivity contribution >= 4 is 16.6 Å². The van der Waals surface area contributed by atoms with Crippen molar-refractivity contribution in [3.8, 4) is 5.75 Å². The van der Waals surface area contributed by atoms with E-state index < -0.39 is 11.6 Å². The SMILES string of the molecule is CNc1ccc(OCc2cc3c(F)cc(F)cc3n2C(C)(C)C)cc1. The van der Waals surface area contributed by atoms with Gasteiger partial charge in [0.05, 0.1) is 11.2 Å². The number of rotatable bonds is 4. The van der Waals surface area contributed by atoms with Gasteiger partial charge in [0, 0.05) is 29.7 Å². The molecule has 0 saturated heterocycles. The van der Waals surface area contributed by atoms with E-state index >= 15 is 0 Å². The van der Waals surface area contributed by atoms with Crippen molar-refractivity contribution in [3.05, 3.63) is 59.8 Å². The second-order valence-electron chi connectivity index (χ2n) is 7.03. The summed E-state index contributed by atoms with van der Waals surface area (Å²) in [6.45, 7) is 6.27. The highest BCUT2D eigenvalue weighted by molar-refractivity contribution is 5.82. The molecule has 0 aliphatic heterocycles. The molecule has 0 aliphatic rings. The first kappa shape index (κ1) is 17.3. The molecule has 25 heavy (non-hydrogen) atoms. The Morgan fingerprint density at radius 1 is 1.04 bits per heavy atom. The predicted molar refractivity (Wildman–Crippen MR) is 97.2 cm³/mol. The van der Waals surface area contributed by atoms with E-state index in [1.807, 2.05) is 56.7 Å². The van der Waals surface area contributed by atoms with Crippen LogP contribution in [-0.4, -0.2) is 11.6 Å². The molecule has 5 heteroatoms. The molecule has 1 heterocycles. The molecule has 1 N–H and O–H groups in total. The van der Waals surface area contributed by atoms with Gasteiger partial charge in [0.2, 0.25) is 0 Å². The van der Waals surface area contributed by atoms with Crippen LogP contribution in [0.3, 0.4) is 0 Å². The second-order valence-corrected chi connectivity index (χ2v) is 7.03. The van der Waals surface area contributed by atoms with Crippen LogP contribution in [0.2, 0.25) is 0 Å². The number of hydrogen-bond donors (Lipinski definition) is 1. The highest BCUT2D eigenvalue weighted by Gasteiger charge is 2.22. The first-order chi connectivity index (χ1) is 11.8. The number of nitrogens with one attached hydrogen (secondary N) is 1. The van der Waals surface area contributed by atoms with Crippen LogP contribution in [0.4, 0.5) is 14.5 Å². The van der Waals surface area contributed by atoms with Crippen LogP contribution in [0, 0.1) is 11.6 Å². The summed E-state index contributed by atoms with van der Waals surface area (Å²) in [5, 5.41) is 3.45. The maximum Gasteiger partial charge on any atom is 0.135 e. The van der Waals surface area contributed by atoms with E-state index in [0.717, 1.165) is 23.2 Å². The topological polar surface area (TPSA) is 26.2 Å². The molecule has 0 atom stereocenters. The maximum absolute atomic E-state index is 14.2. The van der Waals surface area contributed by atoms with Gasteiger partial charge in [-0.15, -0.1) is 0 Å². The lowest BCUT2D eigenvalue weighted by atomic mass is 10.1. The maximum atomic E-state index is 14.2. The monoisotopic (exact) mass is 344 g/mol. The number of aromatic nitrogens is 1. The van der Waals surface area contributed by atoms with Gasteiger partial charge >= 0.3 is 0 Å². The molecule has 0 amide bonds. The van der Waals surface area contributed by atoms with E-state index in [0.29, 0.717) is 10.9 Å². The Morgan fingerprint density at radius 3 is 2.32 bits per heavy atom. The quantitative estimate of drug-likeness (QED) is 0.695. The summed E-state index contributed by atoms with van der Waals surface area (Å²) in [7, 11) is 1.85. The third-order valence-electron chi connectivity index (χ3n) is 4.11. The van der Waals surface area contributed by atoms with Gasteiger partial charge in [0.15, 0.2) is 0 Å². The lowest BCUT2D eigenvalue weighted by Crippen LogP contribution is -2.24. The van der Waals surface area contributed by atoms with Gasteiger partial charge in [-0.05, 0) is 57.2 Å². The van der Waals surface area contributed by atoms with E-state index in [1.165, 1.54) is 6.07 Å². The Bertz CT molecular complexity index is 893. The zero-order valence-electron chi connectivity index (χ0n) is 14.9. The van der Waals surface area contributed by atoms with E-state index in [1.54, 1.807) is 6.07 Å². The molecule has 132 valence electrons. The minimum absolute atomic E-state index is 0.270. The highest BCUT2D eigenvalue weighted by Crippen LogP contribution is 2.31. The van der Waals surface area contributed by atoms with Gasteiger partial charge in [0.1, 0.15) is 24.0 Å². The van der Waals surface area contributed by atoms with Crippen LogP contribution in [0.1, 0.15) is 26.5 Å². The molecule has 0 unspecified atom stereocenters. The molecule has 1 aromatic heterocycles. The zero-order valence-corrected chi connectivity index (χ0v) is 14.9. The minimum Gasteiger partial charge on any atom is -0.487 e. The van der Waals surface area contributed by atoms with Crippen molar-refractivity contribution < 1.29 is 13.5 Å². The van der Waals surface area contributed by atoms with Gasteiger partial charge in [-0.3, -0.25) is 0 Å². The Morgan fingerprint density at radius 2 is 1.72 bits per heavy atom. The average Bonchev–Trinajstić information content (AvgIpc) is 2.92. The largest absolute Gasteiger partial charge is 0.487 e. The highest BCUT2D eigenvalue weighted by atomic mass is 19.1. The van der Waals surface area contributed by atoms with Crippen LogP contribution in [0.25, 0.3) is 10.9 Å². The zero-order chi connectivity index (χ0) is 18.2. The van der Waals surface area contributed by atoms with E-state index in [4.69, 9.17) is 4.74 Å². The van der Waals surface area contributed by atoms with Crippen molar-refractivity contribution in [1.29, 1.82) is 0 Å². The summed E-state index contributed by atoms with van der Waals surface area (Å²) in [4.78, 5) is 0. The number of benzene rings is 2. The summed E-state index contributed by atoms with van der Waals surface area (Å²) >= 11 is 0. The standard InChI is InChI=1S/C20H22F2N2O/c1-20(2,3)24-15(11-17-18(22)9-13(21)10-19(17)24)12-25-16-7-5-14(23-4)6-8-16/h5-11,23H,12H2,1-4H3. The normalized spacial score (nSPS) is 11.8. The van der Waals surface area contributed by atoms with Gasteiger partial charge in [-0.25, -0.2) is 8.78 Å². The van der Waals surface area contributed by atoms with Crippen molar-refractivity contribution in [2.24, 2.45) is 0 Å². The third kappa shape index (κ3) is 3.45. The summed E-state index contributed by atoms with van der Waals surface area (Å²) in [5.41, 5.74) is 1.99. The molecule has 3 nitrogen and oxygen atoms in total. The number of hydrogen-bond acceptors (Lipinski definition) is 2. The van der Waals surface area contributed by atoms with Gasteiger partial charge in [0.25, 0.3) is 0 Å². The molecular weight excluding hydrogens is 322 g/mol. The van der Waals surface area contributed by atoms with Gasteiger partial charge in [-0.2, -0.15) is 0 Å². The third-order valence-corrected chi connectivity index (χ3v) is 4.11. The number of anilines is 1. The van der Waals surface area contributed by atoms with Crippen molar-refractivity contribution in [3.63, 3.8) is 0 Å². The Labute approximate surface area is 146 Å². The van der Waals surface area contributed by atoms with Crippen LogP contribution >= 0.6 is 0 Å². The van der Waals surface area contributed by atoms with Crippen molar-refractivity contribution in [2.45, 2.75) is 32.9 Å². The number of halogens is 2. The fraction of sp³-hybridized carbons (Fsp3) is 0.300. The Hall–Kier alpha value is -2.56. The summed E-state index contributed by atoms with van der Waals surface area (Å²) < 4.78 is 35.7. The molecule has 2 aromatic carbocycles. The van der Waals surface area contributed by atoms with Crippen molar-refractivity contribution in [2.75, 3.05) is 12.4 Å². The van der Waals surface area contributed by atoms with Crippen molar-refractivity contribution in [1.82, 2.24) is 4.57 Å². The number of nitrogens with zero attached hydrogens (tertiary/aromatic N) is 1. The molecule has 0 fully saturated rings. The molecule has 0 bridgehead atoms. The molecule has 3 aromatic rings. The average molecular weight is 344 g/mol.